The van der Waals surface area contributed by atoms with Gasteiger partial charge in [0.25, 0.3) is 0 Å². The molecule has 0 fully saturated rings. The Kier molecular flexibility index (Phi) is 36.5. The van der Waals surface area contributed by atoms with E-state index >= 15 is 0 Å². The van der Waals surface area contributed by atoms with Gasteiger partial charge in [0.05, 0.1) is 17.3 Å². The Hall–Kier alpha value is -5.45. The first-order chi connectivity index (χ1) is 44.2. The Morgan fingerprint density at radius 2 is 1.11 bits per heavy atom. The van der Waals surface area contributed by atoms with Crippen molar-refractivity contribution in [1.29, 1.82) is 0 Å². The highest BCUT2D eigenvalue weighted by molar-refractivity contribution is 6.09. The lowest BCUT2D eigenvalue weighted by Gasteiger charge is -2.31. The van der Waals surface area contributed by atoms with E-state index in [2.05, 4.69) is 287 Å². The molecular weight excluding hydrogens is 1120 g/mol. The third-order valence-electron chi connectivity index (χ3n) is 20.4. The van der Waals surface area contributed by atoms with Crippen molar-refractivity contribution in [3.8, 4) is 23.5 Å². The van der Waals surface area contributed by atoms with E-state index in [9.17, 15) is 0 Å². The zero-order valence-corrected chi connectivity index (χ0v) is 64.7. The zero-order chi connectivity index (χ0) is 69.5. The molecule has 1 heteroatoms. The van der Waals surface area contributed by atoms with Crippen LogP contribution in [0.25, 0.3) is 22.3 Å². The first-order valence-electron chi connectivity index (χ1n) is 37.9. The molecule has 512 valence electrons. The van der Waals surface area contributed by atoms with Crippen molar-refractivity contribution < 1.29 is 0 Å². The van der Waals surface area contributed by atoms with Crippen LogP contribution in [0.5, 0.6) is 0 Å². The van der Waals surface area contributed by atoms with Crippen LogP contribution in [-0.2, 0) is 30.1 Å². The number of rotatable bonds is 33. The minimum atomic E-state index is -0.342. The second-order valence-electron chi connectivity index (χ2n) is 30.6. The Bertz CT molecular complexity index is 3120. The number of hydrogen-bond donors (Lipinski definition) is 0. The third-order valence-corrected chi connectivity index (χ3v) is 20.4. The highest BCUT2D eigenvalue weighted by atomic mass is 14.8. The second kappa shape index (κ2) is 41.5. The second-order valence-corrected chi connectivity index (χ2v) is 30.6. The molecule has 5 aromatic rings. The molecule has 0 bridgehead atoms. The fraction of sp³-hybridized carbons (Fsp3) is 0.576. The number of hydrogen-bond acceptors (Lipinski definition) is 1. The standard InChI is InChI=1S/C80H111N.C9H20.C3H8/c1-21-28-32-61(25-5)53-57(9)60(12)75-55-68(46-48-74(75)72-47-45-67(54-58(72)10)79(16,17)18)80(19,20)52-51-64(31-24-4)73-50-49-71(56(8)35-36-59(11)78(13,14)15)70(27-7)77(73)81-76(66-43-39-63(40-44-66)34-30-23-3)69(26-6)65-41-37-62(38-42-65)33-29-22-2;1-4-7-8-9(5-2)6-3;1-3-2/h6,35-51,54-55,57,60-61,69H,21-25,27-34,52-53H2,1-5,7-20H3;9H,4-8H2,1-3H3;3H2,1-2H3/b56-35+,59-36+,64-51+,81-76?;;. The summed E-state index contributed by atoms with van der Waals surface area (Å²) >= 11 is 0. The molecular formula is C92H139N. The molecule has 4 atom stereocenters. The highest BCUT2D eigenvalue weighted by Gasteiger charge is 2.28. The molecule has 0 spiro atoms. The van der Waals surface area contributed by atoms with Gasteiger partial charge in [-0.05, 0) is 190 Å². The smallest absolute Gasteiger partial charge is 0.0877 e. The molecule has 1 nitrogen and oxygen atoms in total. The molecule has 0 saturated carbocycles. The largest absolute Gasteiger partial charge is 0.250 e. The van der Waals surface area contributed by atoms with Crippen LogP contribution in [0, 0.1) is 42.4 Å². The molecule has 93 heavy (non-hydrogen) atoms. The fourth-order valence-electron chi connectivity index (χ4n) is 12.9. The van der Waals surface area contributed by atoms with Gasteiger partial charge in [0.1, 0.15) is 0 Å². The number of aliphatic imine (C=N–C) groups is 1. The first-order valence-corrected chi connectivity index (χ1v) is 37.9. The van der Waals surface area contributed by atoms with Gasteiger partial charge in [-0.3, -0.25) is 4.99 Å². The van der Waals surface area contributed by atoms with Gasteiger partial charge in [0.2, 0.25) is 0 Å². The molecule has 0 heterocycles. The number of nitrogens with zero attached hydrogens (tertiary/aromatic N) is 1. The van der Waals surface area contributed by atoms with E-state index < -0.39 is 0 Å². The Morgan fingerprint density at radius 3 is 1.60 bits per heavy atom. The average Bonchev–Trinajstić information content (AvgIpc) is 0.791. The van der Waals surface area contributed by atoms with Crippen LogP contribution in [0.15, 0.2) is 126 Å². The summed E-state index contributed by atoms with van der Waals surface area (Å²) in [6, 6.07) is 37.8. The predicted octanol–water partition coefficient (Wildman–Crippen LogP) is 29.1. The van der Waals surface area contributed by atoms with Crippen LogP contribution >= 0.6 is 0 Å². The molecule has 0 aromatic heterocycles. The molecule has 5 rings (SSSR count). The summed E-state index contributed by atoms with van der Waals surface area (Å²) < 4.78 is 0. The van der Waals surface area contributed by atoms with Crippen molar-refractivity contribution >= 4 is 22.5 Å². The maximum Gasteiger partial charge on any atom is 0.0877 e. The lowest BCUT2D eigenvalue weighted by atomic mass is 9.74. The average molecular weight is 1260 g/mol. The molecule has 0 aliphatic rings. The van der Waals surface area contributed by atoms with Gasteiger partial charge < -0.3 is 0 Å². The van der Waals surface area contributed by atoms with E-state index in [1.54, 1.807) is 0 Å². The van der Waals surface area contributed by atoms with Gasteiger partial charge in [-0.25, -0.2) is 0 Å². The summed E-state index contributed by atoms with van der Waals surface area (Å²) in [5.41, 5.74) is 23.0. The van der Waals surface area contributed by atoms with Gasteiger partial charge in [-0.15, -0.1) is 6.42 Å². The van der Waals surface area contributed by atoms with Gasteiger partial charge in [0, 0.05) is 5.56 Å². The summed E-state index contributed by atoms with van der Waals surface area (Å²) in [5.74, 6) is 5.70. The number of aryl methyl sites for hydroxylation is 3. The van der Waals surface area contributed by atoms with Crippen LogP contribution in [-0.4, -0.2) is 5.71 Å². The summed E-state index contributed by atoms with van der Waals surface area (Å²) in [5, 5.41) is 0. The summed E-state index contributed by atoms with van der Waals surface area (Å²) in [6.07, 6.45) is 39.2. The van der Waals surface area contributed by atoms with E-state index in [0.29, 0.717) is 11.8 Å². The van der Waals surface area contributed by atoms with Crippen LogP contribution < -0.4 is 0 Å². The Morgan fingerprint density at radius 1 is 0.581 bits per heavy atom. The van der Waals surface area contributed by atoms with Gasteiger partial charge in [-0.2, -0.15) is 0 Å². The lowest BCUT2D eigenvalue weighted by Crippen LogP contribution is -2.18. The number of terminal acetylenes is 1. The SMILES string of the molecule is C#CC(C(=Nc1c(/C(=C/CC(C)(C)c2ccc(-c3ccc(C(C)(C)C)cc3C)c(C(C)C(C)CC(CC)CCCC)c2)CCC)ccc(/C(C)=C/C=C(\C)C(C)(C)C)c1CC)c1ccc(CCCC)cc1)c1ccc(CCCC)cc1.CCC.CCCCC(CC)CC. The van der Waals surface area contributed by atoms with Crippen molar-refractivity contribution in [2.75, 3.05) is 0 Å². The van der Waals surface area contributed by atoms with Crippen LogP contribution in [0.1, 0.15) is 348 Å². The third kappa shape index (κ3) is 25.6. The Balaban J connectivity index is 0.00000171. The molecule has 0 saturated heterocycles. The van der Waals surface area contributed by atoms with Crippen LogP contribution in [0.2, 0.25) is 0 Å². The Labute approximate surface area is 576 Å². The minimum absolute atomic E-state index is 0.0839. The van der Waals surface area contributed by atoms with E-state index in [0.717, 1.165) is 72.9 Å². The highest BCUT2D eigenvalue weighted by Crippen LogP contribution is 2.44. The summed E-state index contributed by atoms with van der Waals surface area (Å²) in [4.78, 5) is 6.04. The number of unbranched alkanes of at least 4 members (excludes halogenated alkanes) is 4. The van der Waals surface area contributed by atoms with E-state index in [1.165, 1.54) is 174 Å². The lowest BCUT2D eigenvalue weighted by molar-refractivity contribution is 0.324. The summed E-state index contributed by atoms with van der Waals surface area (Å²) in [7, 11) is 0. The fourth-order valence-corrected chi connectivity index (χ4v) is 12.9. The molecule has 5 aromatic carbocycles. The van der Waals surface area contributed by atoms with Crippen molar-refractivity contribution in [3.05, 3.63) is 182 Å². The minimum Gasteiger partial charge on any atom is -0.250 e. The van der Waals surface area contributed by atoms with Gasteiger partial charge in [-0.1, -0.05) is 356 Å². The molecule has 0 radical (unpaired) electrons. The first kappa shape index (κ1) is 81.8. The quantitative estimate of drug-likeness (QED) is 0.0226. The number of benzene rings is 5. The van der Waals surface area contributed by atoms with Crippen molar-refractivity contribution in [1.82, 2.24) is 0 Å². The molecule has 0 amide bonds. The maximum absolute atomic E-state index is 6.76. The molecule has 4 unspecified atom stereocenters. The van der Waals surface area contributed by atoms with Crippen molar-refractivity contribution in [3.63, 3.8) is 0 Å². The van der Waals surface area contributed by atoms with E-state index in [4.69, 9.17) is 11.4 Å². The maximum atomic E-state index is 6.76. The van der Waals surface area contributed by atoms with Crippen LogP contribution in [0.3, 0.4) is 0 Å². The predicted molar refractivity (Wildman–Crippen MR) is 421 cm³/mol. The number of allylic oxidation sites excluding steroid dienone is 6. The van der Waals surface area contributed by atoms with Crippen molar-refractivity contribution in [2.45, 2.75) is 324 Å². The zero-order valence-electron chi connectivity index (χ0n) is 64.7. The topological polar surface area (TPSA) is 12.4 Å². The summed E-state index contributed by atoms with van der Waals surface area (Å²) in [6.45, 7) is 55.7. The monoisotopic (exact) mass is 1260 g/mol. The van der Waals surface area contributed by atoms with Gasteiger partial charge in [0.15, 0.2) is 0 Å². The van der Waals surface area contributed by atoms with Crippen LogP contribution in [0.4, 0.5) is 5.69 Å². The normalized spacial score (nSPS) is 14.0. The van der Waals surface area contributed by atoms with Gasteiger partial charge >= 0.3 is 0 Å². The molecule has 0 aliphatic carbocycles. The molecule has 0 N–H and O–H groups in total. The van der Waals surface area contributed by atoms with E-state index in [1.807, 2.05) is 0 Å². The van der Waals surface area contributed by atoms with E-state index in [-0.39, 0.29) is 22.2 Å². The van der Waals surface area contributed by atoms with Crippen molar-refractivity contribution in [2.24, 2.45) is 28.2 Å². The molecule has 0 aliphatic heterocycles.